The number of primary amides is 1. The molecule has 0 unspecified atom stereocenters. The van der Waals surface area contributed by atoms with Gasteiger partial charge in [0.25, 0.3) is 0 Å². The average molecular weight is 1100 g/mol. The number of methoxy groups -OCH3 is 6. The minimum absolute atomic E-state index is 0.0138. The molecular formula is C50H75F4N9O14. The maximum Gasteiger partial charge on any atom is 0.416 e. The number of halogens is 4. The number of hydrogen-bond acceptors (Lipinski definition) is 15. The Morgan fingerprint density at radius 1 is 0.571 bits per heavy atom. The highest BCUT2D eigenvalue weighted by molar-refractivity contribution is 5.94. The van der Waals surface area contributed by atoms with Gasteiger partial charge in [-0.1, -0.05) is 18.2 Å². The summed E-state index contributed by atoms with van der Waals surface area (Å²) in [5.74, 6) is -5.19. The zero-order valence-corrected chi connectivity index (χ0v) is 45.2. The fourth-order valence-electron chi connectivity index (χ4n) is 7.44. The summed E-state index contributed by atoms with van der Waals surface area (Å²) in [6.45, 7) is -4.48. The molecule has 0 radical (unpaired) electrons. The van der Waals surface area contributed by atoms with Crippen LogP contribution in [-0.4, -0.2) is 249 Å². The molecule has 2 rings (SSSR count). The van der Waals surface area contributed by atoms with Crippen LogP contribution in [0.2, 0.25) is 0 Å². The van der Waals surface area contributed by atoms with Crippen molar-refractivity contribution in [1.82, 2.24) is 39.6 Å². The van der Waals surface area contributed by atoms with Gasteiger partial charge in [-0.2, -0.15) is 13.2 Å². The number of likely N-dealkylation sites (N-methyl/N-ethyl adjacent to an activating group) is 1. The predicted octanol–water partition coefficient (Wildman–Crippen LogP) is 0.261. The quantitative estimate of drug-likeness (QED) is 0.0523. The number of alkyl halides is 4. The van der Waals surface area contributed by atoms with E-state index >= 15 is 0 Å². The second-order valence-electron chi connectivity index (χ2n) is 17.5. The number of carbonyl (C=O) groups excluding carboxylic acids is 8. The third kappa shape index (κ3) is 23.2. The van der Waals surface area contributed by atoms with Crippen molar-refractivity contribution in [2.45, 2.75) is 38.5 Å². The third-order valence-corrected chi connectivity index (χ3v) is 11.9. The molecule has 0 aromatic heterocycles. The minimum atomic E-state index is -4.60. The molecule has 77 heavy (non-hydrogen) atoms. The summed E-state index contributed by atoms with van der Waals surface area (Å²) >= 11 is 0. The van der Waals surface area contributed by atoms with Crippen LogP contribution in [0.25, 0.3) is 0 Å². The van der Waals surface area contributed by atoms with Crippen LogP contribution in [0, 0.1) is 0 Å². The summed E-state index contributed by atoms with van der Waals surface area (Å²) in [6.07, 6.45) is -4.29. The number of rotatable bonds is 37. The molecule has 0 bridgehead atoms. The Kier molecular flexibility index (Phi) is 30.1. The molecule has 2 aromatic rings. The number of ether oxygens (including phenoxy) is 6. The first kappa shape index (κ1) is 66.4. The predicted molar refractivity (Wildman–Crippen MR) is 271 cm³/mol. The fourth-order valence-corrected chi connectivity index (χ4v) is 7.44. The number of carbonyl (C=O) groups is 8. The molecule has 0 saturated carbocycles. The van der Waals surface area contributed by atoms with Gasteiger partial charge in [-0.3, -0.25) is 38.4 Å². The Bertz CT molecular complexity index is 2210. The molecule has 8 amide bonds. The smallest absolute Gasteiger partial charge is 0.416 e. The molecule has 0 fully saturated rings. The van der Waals surface area contributed by atoms with Crippen LogP contribution in [0.4, 0.5) is 17.6 Å². The molecule has 1 atom stereocenters. The van der Waals surface area contributed by atoms with Crippen LogP contribution in [0.1, 0.15) is 30.0 Å². The van der Waals surface area contributed by atoms with E-state index in [0.717, 1.165) is 42.2 Å². The summed E-state index contributed by atoms with van der Waals surface area (Å²) in [6, 6.07) is 8.31. The van der Waals surface area contributed by atoms with Gasteiger partial charge in [0.1, 0.15) is 12.6 Å². The van der Waals surface area contributed by atoms with Crippen LogP contribution < -0.4 is 20.5 Å². The number of benzene rings is 2. The zero-order chi connectivity index (χ0) is 57.7. The van der Waals surface area contributed by atoms with Crippen molar-refractivity contribution in [1.29, 1.82) is 0 Å². The van der Waals surface area contributed by atoms with Crippen LogP contribution in [0.3, 0.4) is 0 Å². The van der Waals surface area contributed by atoms with E-state index in [4.69, 9.17) is 34.2 Å². The van der Waals surface area contributed by atoms with E-state index < -0.39 is 111 Å². The van der Waals surface area contributed by atoms with Crippen molar-refractivity contribution in [3.05, 3.63) is 59.2 Å². The van der Waals surface area contributed by atoms with Gasteiger partial charge in [-0.15, -0.1) is 0 Å². The van der Waals surface area contributed by atoms with Crippen LogP contribution >= 0.6 is 0 Å². The molecular weight excluding hydrogens is 1030 g/mol. The lowest BCUT2D eigenvalue weighted by molar-refractivity contribution is -0.150. The first-order valence-electron chi connectivity index (χ1n) is 24.4. The highest BCUT2D eigenvalue weighted by Crippen LogP contribution is 2.29. The van der Waals surface area contributed by atoms with E-state index in [0.29, 0.717) is 28.4 Å². The summed E-state index contributed by atoms with van der Waals surface area (Å²) in [5, 5.41) is 3.07. The van der Waals surface area contributed by atoms with Gasteiger partial charge in [0.2, 0.25) is 47.3 Å². The first-order chi connectivity index (χ1) is 36.6. The molecule has 0 aliphatic carbocycles. The second kappa shape index (κ2) is 34.9. The summed E-state index contributed by atoms with van der Waals surface area (Å²) in [7, 11) is 9.76. The Hall–Kier alpha value is -6.68. The molecule has 27 heteroatoms. The normalized spacial score (nSPS) is 11.5. The number of nitrogens with two attached hydrogens (primary N) is 1. The molecule has 3 N–H and O–H groups in total. The first-order valence-corrected chi connectivity index (χ1v) is 24.4. The van der Waals surface area contributed by atoms with Gasteiger partial charge in [-0.05, 0) is 55.2 Å². The molecule has 0 aliphatic rings. The lowest BCUT2D eigenvalue weighted by Gasteiger charge is -2.34. The van der Waals surface area contributed by atoms with E-state index in [-0.39, 0.29) is 78.7 Å². The van der Waals surface area contributed by atoms with Gasteiger partial charge in [-0.25, -0.2) is 4.39 Å². The van der Waals surface area contributed by atoms with Crippen molar-refractivity contribution in [2.24, 2.45) is 5.73 Å². The molecule has 2 aromatic carbocycles. The Morgan fingerprint density at radius 2 is 1.05 bits per heavy atom. The van der Waals surface area contributed by atoms with Crippen molar-refractivity contribution in [3.63, 3.8) is 0 Å². The van der Waals surface area contributed by atoms with Crippen molar-refractivity contribution < 1.29 is 84.3 Å². The molecule has 432 valence electrons. The standard InChI is InChI=1S/C50H75F4N9O14/c1-36(63(17-9-22-72-3)43(65)28-56-27-38-12-15-40(76-7)41(26-38)77-8)49(71)61(18-16-37-10-13-39(14-11-37)50(52,53)54)31-44(66)57(2)30-45(67)59(20-24-74-5)33-48(70)62(35-51)34-47(69)60(21-25-75-6)32-46(68)58(19-23-73-4)29-42(55)64/h10-15,26,36,56H,9,16-25,27-35H2,1-8H3,(H2,55,64)/t36-/m1/s1. The second-order valence-corrected chi connectivity index (χ2v) is 17.5. The molecule has 0 saturated heterocycles. The lowest BCUT2D eigenvalue weighted by Crippen LogP contribution is -2.54. The van der Waals surface area contributed by atoms with E-state index in [1.165, 1.54) is 73.7 Å². The van der Waals surface area contributed by atoms with E-state index in [2.05, 4.69) is 5.32 Å². The SMILES string of the molecule is COCCCN(C(=O)CNCc1ccc(OC)c(OC)c1)[C@H](C)C(=O)N(CCc1ccc(C(F)(F)F)cc1)CC(=O)N(C)CC(=O)N(CCOC)CC(=O)N(CF)CC(=O)N(CCOC)CC(=O)N(CCOC)CC(N)=O. The van der Waals surface area contributed by atoms with E-state index in [1.54, 1.807) is 18.2 Å². The van der Waals surface area contributed by atoms with Crippen LogP contribution in [0.5, 0.6) is 11.5 Å². The molecule has 23 nitrogen and oxygen atoms in total. The highest BCUT2D eigenvalue weighted by Gasteiger charge is 2.33. The minimum Gasteiger partial charge on any atom is -0.493 e. The van der Waals surface area contributed by atoms with E-state index in [1.807, 2.05) is 0 Å². The Morgan fingerprint density at radius 3 is 1.55 bits per heavy atom. The average Bonchev–Trinajstić information content (AvgIpc) is 3.40. The highest BCUT2D eigenvalue weighted by atomic mass is 19.4. The van der Waals surface area contributed by atoms with Gasteiger partial charge < -0.3 is 73.8 Å². The molecule has 0 heterocycles. The van der Waals surface area contributed by atoms with Gasteiger partial charge in [0.15, 0.2) is 18.3 Å². The maximum atomic E-state index is 14.6. The topological polar surface area (TPSA) is 253 Å². The van der Waals surface area contributed by atoms with Crippen molar-refractivity contribution >= 4 is 47.3 Å². The van der Waals surface area contributed by atoms with Crippen molar-refractivity contribution in [3.8, 4) is 11.5 Å². The molecule has 0 aliphatic heterocycles. The summed E-state index contributed by atoms with van der Waals surface area (Å²) in [5.41, 5.74) is 5.57. The maximum absolute atomic E-state index is 14.6. The summed E-state index contributed by atoms with van der Waals surface area (Å²) in [4.78, 5) is 115. The number of hydrogen-bond donors (Lipinski definition) is 2. The number of nitrogens with zero attached hydrogens (tertiary/aromatic N) is 7. The van der Waals surface area contributed by atoms with Gasteiger partial charge >= 0.3 is 6.18 Å². The van der Waals surface area contributed by atoms with Crippen molar-refractivity contribution in [2.75, 3.05) is 161 Å². The van der Waals surface area contributed by atoms with Gasteiger partial charge in [0.05, 0.1) is 78.9 Å². The van der Waals surface area contributed by atoms with Crippen LogP contribution in [0.15, 0.2) is 42.5 Å². The lowest BCUT2D eigenvalue weighted by atomic mass is 10.1. The van der Waals surface area contributed by atoms with Gasteiger partial charge in [0, 0.05) is 81.4 Å². The number of nitrogens with one attached hydrogen (secondary N) is 1. The Labute approximate surface area is 446 Å². The fraction of sp³-hybridized carbons (Fsp3) is 0.600. The third-order valence-electron chi connectivity index (χ3n) is 11.9. The number of amides is 8. The Balaban J connectivity index is 2.35. The van der Waals surface area contributed by atoms with E-state index in [9.17, 15) is 55.9 Å². The molecule has 0 spiro atoms. The monoisotopic (exact) mass is 1100 g/mol. The largest absolute Gasteiger partial charge is 0.493 e. The zero-order valence-electron chi connectivity index (χ0n) is 45.2. The van der Waals surface area contributed by atoms with Crippen LogP contribution in [-0.2, 0) is 76.4 Å². The summed E-state index contributed by atoms with van der Waals surface area (Å²) < 4.78 is 85.8.